The number of ether oxygens (including phenoxy) is 1. The molecule has 5 heteroatoms. The van der Waals surface area contributed by atoms with Crippen LogP contribution in [0.25, 0.3) is 10.9 Å². The van der Waals surface area contributed by atoms with Gasteiger partial charge in [0.15, 0.2) is 6.10 Å². The molecule has 3 N–H and O–H groups in total. The van der Waals surface area contributed by atoms with Crippen LogP contribution in [0.4, 0.5) is 0 Å². The minimum atomic E-state index is -1.40. The second-order valence-corrected chi connectivity index (χ2v) is 3.75. The van der Waals surface area contributed by atoms with Gasteiger partial charge in [-0.15, -0.1) is 0 Å². The van der Waals surface area contributed by atoms with Crippen molar-refractivity contribution in [1.82, 2.24) is 4.98 Å². The van der Waals surface area contributed by atoms with Crippen LogP contribution in [0.3, 0.4) is 0 Å². The lowest BCUT2D eigenvalue weighted by Gasteiger charge is -2.06. The van der Waals surface area contributed by atoms with Crippen LogP contribution in [0.15, 0.2) is 24.4 Å². The highest BCUT2D eigenvalue weighted by Gasteiger charge is 2.17. The molecule has 5 nitrogen and oxygen atoms in total. The van der Waals surface area contributed by atoms with Gasteiger partial charge in [0, 0.05) is 23.5 Å². The van der Waals surface area contributed by atoms with Gasteiger partial charge >= 0.3 is 5.97 Å². The summed E-state index contributed by atoms with van der Waals surface area (Å²) in [5.74, 6) is -0.564. The third-order valence-corrected chi connectivity index (χ3v) is 2.67. The lowest BCUT2D eigenvalue weighted by molar-refractivity contribution is -0.146. The number of aliphatic hydroxyl groups excluding tert-OH is 1. The van der Waals surface area contributed by atoms with E-state index in [1.54, 1.807) is 19.4 Å². The minimum absolute atomic E-state index is 0.0513. The van der Waals surface area contributed by atoms with Crippen LogP contribution < -0.4 is 4.74 Å². The smallest absolute Gasteiger partial charge is 0.332 e. The van der Waals surface area contributed by atoms with E-state index in [4.69, 9.17) is 9.84 Å². The molecule has 1 atom stereocenters. The molecule has 0 bridgehead atoms. The van der Waals surface area contributed by atoms with Crippen molar-refractivity contribution in [3.63, 3.8) is 0 Å². The van der Waals surface area contributed by atoms with Gasteiger partial charge in [-0.1, -0.05) is 6.07 Å². The molecule has 17 heavy (non-hydrogen) atoms. The molecule has 0 aliphatic rings. The second kappa shape index (κ2) is 4.47. The van der Waals surface area contributed by atoms with E-state index < -0.39 is 12.1 Å². The van der Waals surface area contributed by atoms with Gasteiger partial charge in [0.1, 0.15) is 5.75 Å². The Morgan fingerprint density at radius 3 is 2.94 bits per heavy atom. The predicted octanol–water partition coefficient (Wildman–Crippen LogP) is 1.16. The maximum atomic E-state index is 10.6. The summed E-state index contributed by atoms with van der Waals surface area (Å²) in [4.78, 5) is 13.6. The number of hydrogen-bond acceptors (Lipinski definition) is 3. The summed E-state index contributed by atoms with van der Waals surface area (Å²) < 4.78 is 5.22. The summed E-state index contributed by atoms with van der Waals surface area (Å²) in [6.45, 7) is 0. The van der Waals surface area contributed by atoms with Crippen LogP contribution in [0, 0.1) is 0 Å². The molecule has 0 saturated heterocycles. The number of nitrogens with one attached hydrogen (secondary N) is 1. The van der Waals surface area contributed by atoms with E-state index in [0.717, 1.165) is 16.5 Å². The molecule has 1 heterocycles. The number of carboxylic acids is 1. The maximum Gasteiger partial charge on any atom is 0.332 e. The van der Waals surface area contributed by atoms with Gasteiger partial charge in [-0.3, -0.25) is 0 Å². The van der Waals surface area contributed by atoms with Crippen molar-refractivity contribution in [3.8, 4) is 5.75 Å². The third kappa shape index (κ3) is 2.09. The topological polar surface area (TPSA) is 82.5 Å². The molecule has 1 aromatic heterocycles. The number of rotatable bonds is 4. The van der Waals surface area contributed by atoms with Crippen molar-refractivity contribution < 1.29 is 19.7 Å². The molecular weight excluding hydrogens is 222 g/mol. The Morgan fingerprint density at radius 2 is 2.29 bits per heavy atom. The van der Waals surface area contributed by atoms with Gasteiger partial charge in [0.2, 0.25) is 0 Å². The number of carbonyl (C=O) groups is 1. The van der Waals surface area contributed by atoms with Crippen LogP contribution in [-0.2, 0) is 11.2 Å². The van der Waals surface area contributed by atoms with Gasteiger partial charge in [-0.2, -0.15) is 0 Å². The van der Waals surface area contributed by atoms with Crippen molar-refractivity contribution in [2.45, 2.75) is 12.5 Å². The van der Waals surface area contributed by atoms with Crippen LogP contribution in [0.1, 0.15) is 5.56 Å². The Balaban J connectivity index is 2.44. The van der Waals surface area contributed by atoms with E-state index in [2.05, 4.69) is 4.98 Å². The number of fused-ring (bicyclic) bond motifs is 1. The molecule has 2 rings (SSSR count). The average Bonchev–Trinajstić information content (AvgIpc) is 2.72. The van der Waals surface area contributed by atoms with Gasteiger partial charge in [0.05, 0.1) is 7.11 Å². The number of aromatic amines is 1. The summed E-state index contributed by atoms with van der Waals surface area (Å²) in [6, 6.07) is 5.51. The van der Waals surface area contributed by atoms with E-state index >= 15 is 0 Å². The fourth-order valence-corrected chi connectivity index (χ4v) is 1.85. The second-order valence-electron chi connectivity index (χ2n) is 3.75. The molecular formula is C12H13NO4. The molecule has 0 saturated carbocycles. The summed E-state index contributed by atoms with van der Waals surface area (Å²) in [5, 5.41) is 18.9. The van der Waals surface area contributed by atoms with Crippen molar-refractivity contribution in [2.75, 3.05) is 7.11 Å². The Morgan fingerprint density at radius 1 is 1.53 bits per heavy atom. The quantitative estimate of drug-likeness (QED) is 0.742. The Hall–Kier alpha value is -2.01. The molecule has 0 fully saturated rings. The van der Waals surface area contributed by atoms with E-state index in [1.165, 1.54) is 0 Å². The van der Waals surface area contributed by atoms with Crippen molar-refractivity contribution >= 4 is 16.9 Å². The summed E-state index contributed by atoms with van der Waals surface area (Å²) >= 11 is 0. The summed E-state index contributed by atoms with van der Waals surface area (Å²) in [7, 11) is 1.55. The van der Waals surface area contributed by atoms with Crippen molar-refractivity contribution in [2.24, 2.45) is 0 Å². The SMILES string of the molecule is COc1cccc2[nH]cc(CC(O)C(=O)O)c12. The molecule has 90 valence electrons. The minimum Gasteiger partial charge on any atom is -0.496 e. The van der Waals surface area contributed by atoms with Gasteiger partial charge in [-0.25, -0.2) is 4.79 Å². The van der Waals surface area contributed by atoms with Crippen LogP contribution in [0.5, 0.6) is 5.75 Å². The number of aromatic nitrogens is 1. The zero-order chi connectivity index (χ0) is 12.4. The van der Waals surface area contributed by atoms with Crippen LogP contribution in [0.2, 0.25) is 0 Å². The Kier molecular flexibility index (Phi) is 3.01. The lowest BCUT2D eigenvalue weighted by atomic mass is 10.1. The molecule has 0 aliphatic carbocycles. The lowest BCUT2D eigenvalue weighted by Crippen LogP contribution is -2.21. The van der Waals surface area contributed by atoms with Crippen LogP contribution >= 0.6 is 0 Å². The third-order valence-electron chi connectivity index (χ3n) is 2.67. The summed E-state index contributed by atoms with van der Waals surface area (Å²) in [6.07, 6.45) is 0.341. The molecule has 0 radical (unpaired) electrons. The van der Waals surface area contributed by atoms with E-state index in [-0.39, 0.29) is 6.42 Å². The highest BCUT2D eigenvalue weighted by atomic mass is 16.5. The van der Waals surface area contributed by atoms with E-state index in [1.807, 2.05) is 12.1 Å². The average molecular weight is 235 g/mol. The Labute approximate surface area is 97.6 Å². The van der Waals surface area contributed by atoms with Crippen LogP contribution in [-0.4, -0.2) is 34.4 Å². The maximum absolute atomic E-state index is 10.6. The highest BCUT2D eigenvalue weighted by Crippen LogP contribution is 2.29. The number of aliphatic hydroxyl groups is 1. The van der Waals surface area contributed by atoms with Gasteiger partial charge < -0.3 is 19.9 Å². The first-order valence-electron chi connectivity index (χ1n) is 5.17. The number of aliphatic carboxylic acids is 1. The largest absolute Gasteiger partial charge is 0.496 e. The first-order valence-corrected chi connectivity index (χ1v) is 5.17. The molecule has 1 aromatic carbocycles. The molecule has 1 unspecified atom stereocenters. The molecule has 0 amide bonds. The predicted molar refractivity (Wildman–Crippen MR) is 62.2 cm³/mol. The number of H-pyrrole nitrogens is 1. The summed E-state index contributed by atoms with van der Waals surface area (Å²) in [5.41, 5.74) is 1.59. The van der Waals surface area contributed by atoms with Gasteiger partial charge in [-0.05, 0) is 17.7 Å². The Bertz CT molecular complexity index is 546. The number of hydrogen-bond donors (Lipinski definition) is 3. The van der Waals surface area contributed by atoms with E-state index in [9.17, 15) is 9.90 Å². The standard InChI is InChI=1S/C12H13NO4/c1-17-10-4-2-3-8-11(10)7(6-13-8)5-9(14)12(15)16/h2-4,6,9,13-14H,5H2,1H3,(H,15,16). The molecule has 2 aromatic rings. The van der Waals surface area contributed by atoms with E-state index in [0.29, 0.717) is 5.75 Å². The first kappa shape index (κ1) is 11.5. The number of carboxylic acid groups (broad SMARTS) is 1. The fraction of sp³-hybridized carbons (Fsp3) is 0.250. The molecule has 0 aliphatic heterocycles. The van der Waals surface area contributed by atoms with Crippen molar-refractivity contribution in [1.29, 1.82) is 0 Å². The fourth-order valence-electron chi connectivity index (χ4n) is 1.85. The monoisotopic (exact) mass is 235 g/mol. The van der Waals surface area contributed by atoms with Gasteiger partial charge in [0.25, 0.3) is 0 Å². The normalized spacial score (nSPS) is 12.6. The first-order chi connectivity index (χ1) is 8.13. The number of benzene rings is 1. The van der Waals surface area contributed by atoms with Crippen molar-refractivity contribution in [3.05, 3.63) is 30.0 Å². The highest BCUT2D eigenvalue weighted by molar-refractivity contribution is 5.89. The molecule has 0 spiro atoms. The zero-order valence-electron chi connectivity index (χ0n) is 9.30. The number of methoxy groups -OCH3 is 1. The zero-order valence-corrected chi connectivity index (χ0v) is 9.30.